The van der Waals surface area contributed by atoms with Crippen LogP contribution in [0.15, 0.2) is 17.5 Å². The summed E-state index contributed by atoms with van der Waals surface area (Å²) in [5, 5.41) is 4.66. The summed E-state index contributed by atoms with van der Waals surface area (Å²) in [6.07, 6.45) is 0. The summed E-state index contributed by atoms with van der Waals surface area (Å²) in [7, 11) is 0. The van der Waals surface area contributed by atoms with E-state index in [1.165, 1.54) is 4.88 Å². The molecular formula is C12H19N2OS2+. The highest BCUT2D eigenvalue weighted by Gasteiger charge is 2.38. The van der Waals surface area contributed by atoms with Crippen LogP contribution < -0.4 is 5.32 Å². The van der Waals surface area contributed by atoms with E-state index in [1.54, 1.807) is 23.1 Å². The maximum Gasteiger partial charge on any atom is 0.236 e. The van der Waals surface area contributed by atoms with Gasteiger partial charge in [-0.2, -0.15) is 0 Å². The van der Waals surface area contributed by atoms with Gasteiger partial charge in [0, 0.05) is 4.88 Å². The van der Waals surface area contributed by atoms with Gasteiger partial charge in [0.25, 0.3) is 0 Å². The third-order valence-electron chi connectivity index (χ3n) is 2.90. The minimum absolute atomic E-state index is 0.101. The van der Waals surface area contributed by atoms with Crippen molar-refractivity contribution in [3.05, 3.63) is 22.4 Å². The van der Waals surface area contributed by atoms with Crippen molar-refractivity contribution in [1.82, 2.24) is 4.90 Å². The molecule has 0 saturated carbocycles. The average molecular weight is 271 g/mol. The number of likely N-dealkylation sites (N-methyl/N-ethyl adjacent to an activating group) is 1. The van der Waals surface area contributed by atoms with E-state index in [1.807, 2.05) is 11.8 Å². The number of carbonyl (C=O) groups excluding carboxylic acids is 1. The molecule has 2 heterocycles. The fraction of sp³-hybridized carbons (Fsp3) is 0.583. The number of thiophene rings is 1. The third kappa shape index (κ3) is 2.84. The topological polar surface area (TPSA) is 36.9 Å². The van der Waals surface area contributed by atoms with E-state index >= 15 is 0 Å². The van der Waals surface area contributed by atoms with Gasteiger partial charge in [0.1, 0.15) is 5.37 Å². The number of hydrogen-bond acceptors (Lipinski definition) is 3. The molecule has 0 bridgehead atoms. The molecule has 2 N–H and O–H groups in total. The smallest absolute Gasteiger partial charge is 0.236 e. The fourth-order valence-corrected chi connectivity index (χ4v) is 4.24. The monoisotopic (exact) mass is 271 g/mol. The van der Waals surface area contributed by atoms with Crippen LogP contribution in [0.3, 0.4) is 0 Å². The summed E-state index contributed by atoms with van der Waals surface area (Å²) in [5.74, 6) is 0.290. The molecule has 0 aromatic carbocycles. The summed E-state index contributed by atoms with van der Waals surface area (Å²) in [4.78, 5) is 15.4. The summed E-state index contributed by atoms with van der Waals surface area (Å²) in [6, 6.07) is 4.19. The molecule has 3 nitrogen and oxygen atoms in total. The Balaban J connectivity index is 2.05. The minimum Gasteiger partial charge on any atom is -0.345 e. The van der Waals surface area contributed by atoms with Gasteiger partial charge >= 0.3 is 0 Å². The molecule has 0 unspecified atom stereocenters. The molecule has 1 amide bonds. The van der Waals surface area contributed by atoms with Gasteiger partial charge in [-0.3, -0.25) is 4.79 Å². The van der Waals surface area contributed by atoms with Crippen molar-refractivity contribution in [2.45, 2.75) is 24.5 Å². The van der Waals surface area contributed by atoms with Gasteiger partial charge in [-0.1, -0.05) is 6.07 Å². The highest BCUT2D eigenvalue weighted by molar-refractivity contribution is 8.01. The van der Waals surface area contributed by atoms with Crippen LogP contribution in [0, 0.1) is 0 Å². The van der Waals surface area contributed by atoms with Crippen LogP contribution in [0.1, 0.15) is 24.1 Å². The molecular weight excluding hydrogens is 252 g/mol. The molecule has 94 valence electrons. The molecule has 1 aromatic heterocycles. The molecule has 1 fully saturated rings. The van der Waals surface area contributed by atoms with Gasteiger partial charge in [0.15, 0.2) is 0 Å². The normalized spacial score (nSPS) is 24.6. The Kier molecular flexibility index (Phi) is 4.48. The van der Waals surface area contributed by atoms with Crippen molar-refractivity contribution in [3.8, 4) is 0 Å². The third-order valence-corrected chi connectivity index (χ3v) is 5.35. The molecule has 17 heavy (non-hydrogen) atoms. The Morgan fingerprint density at radius 2 is 2.35 bits per heavy atom. The molecule has 2 atom stereocenters. The lowest BCUT2D eigenvalue weighted by Gasteiger charge is -2.21. The maximum atomic E-state index is 12.1. The largest absolute Gasteiger partial charge is 0.345 e. The summed E-state index contributed by atoms with van der Waals surface area (Å²) in [6.45, 7) is 7.08. The van der Waals surface area contributed by atoms with Crippen LogP contribution in [-0.2, 0) is 4.79 Å². The predicted octanol–water partition coefficient (Wildman–Crippen LogP) is 1.29. The summed E-state index contributed by atoms with van der Waals surface area (Å²) >= 11 is 3.51. The zero-order valence-corrected chi connectivity index (χ0v) is 11.9. The van der Waals surface area contributed by atoms with Gasteiger partial charge < -0.3 is 10.2 Å². The van der Waals surface area contributed by atoms with E-state index in [-0.39, 0.29) is 16.5 Å². The van der Waals surface area contributed by atoms with Gasteiger partial charge in [-0.05, 0) is 25.3 Å². The van der Waals surface area contributed by atoms with Crippen molar-refractivity contribution in [1.29, 1.82) is 0 Å². The number of quaternary nitrogens is 1. The second-order valence-corrected chi connectivity index (χ2v) is 6.57. The molecule has 2 rings (SSSR count). The number of amides is 1. The lowest BCUT2D eigenvalue weighted by atomic mass is 10.3. The average Bonchev–Trinajstić information content (AvgIpc) is 2.92. The number of carbonyl (C=O) groups is 1. The Bertz CT molecular complexity index is 367. The van der Waals surface area contributed by atoms with Gasteiger partial charge in [0.2, 0.25) is 5.91 Å². The standard InChI is InChI=1S/C12H18N2OS2/c1-3-13-6-7-14-11(15)9(2)17-12(14)10-5-4-8-16-10/h4-5,8-9,12-13H,3,6-7H2,1-2H3/p+1/t9-,12-/m1/s1. The Morgan fingerprint density at radius 3 is 3.00 bits per heavy atom. The SMILES string of the molecule is CC[NH2+]CCN1C(=O)[C@@H](C)S[C@@H]1c1cccs1. The zero-order valence-electron chi connectivity index (χ0n) is 10.3. The van der Waals surface area contributed by atoms with Crippen molar-refractivity contribution in [2.75, 3.05) is 19.6 Å². The summed E-state index contributed by atoms with van der Waals surface area (Å²) < 4.78 is 0. The van der Waals surface area contributed by atoms with E-state index in [0.29, 0.717) is 0 Å². The van der Waals surface area contributed by atoms with Crippen LogP contribution in [0.2, 0.25) is 0 Å². The first kappa shape index (κ1) is 12.9. The quantitative estimate of drug-likeness (QED) is 0.820. The lowest BCUT2D eigenvalue weighted by molar-refractivity contribution is -0.651. The first-order valence-electron chi connectivity index (χ1n) is 6.05. The van der Waals surface area contributed by atoms with Crippen LogP contribution >= 0.6 is 23.1 Å². The van der Waals surface area contributed by atoms with Crippen LogP contribution in [0.25, 0.3) is 0 Å². The Hall–Kier alpha value is -0.520. The van der Waals surface area contributed by atoms with Crippen LogP contribution in [0.4, 0.5) is 0 Å². The number of hydrogen-bond donors (Lipinski definition) is 1. The first-order chi connectivity index (χ1) is 8.24. The molecule has 0 spiro atoms. The first-order valence-corrected chi connectivity index (χ1v) is 7.87. The van der Waals surface area contributed by atoms with E-state index in [9.17, 15) is 4.79 Å². The second-order valence-electron chi connectivity index (χ2n) is 4.16. The highest BCUT2D eigenvalue weighted by atomic mass is 32.2. The fourth-order valence-electron chi connectivity index (χ4n) is 1.99. The van der Waals surface area contributed by atoms with E-state index < -0.39 is 0 Å². The van der Waals surface area contributed by atoms with Crippen molar-refractivity contribution >= 4 is 29.0 Å². The molecule has 0 aliphatic carbocycles. The second kappa shape index (κ2) is 5.89. The van der Waals surface area contributed by atoms with Gasteiger partial charge in [0.05, 0.1) is 24.9 Å². The minimum atomic E-state index is 0.101. The number of nitrogens with two attached hydrogens (primary N) is 1. The predicted molar refractivity (Wildman–Crippen MR) is 73.2 cm³/mol. The van der Waals surface area contributed by atoms with E-state index in [2.05, 4.69) is 29.8 Å². The Labute approximate surface area is 111 Å². The van der Waals surface area contributed by atoms with Crippen molar-refractivity contribution in [2.24, 2.45) is 0 Å². The highest BCUT2D eigenvalue weighted by Crippen LogP contribution is 2.43. The maximum absolute atomic E-state index is 12.1. The van der Waals surface area contributed by atoms with Gasteiger partial charge in [-0.25, -0.2) is 0 Å². The number of rotatable bonds is 5. The lowest BCUT2D eigenvalue weighted by Crippen LogP contribution is -2.85. The Morgan fingerprint density at radius 1 is 1.53 bits per heavy atom. The molecule has 5 heteroatoms. The number of nitrogens with zero attached hydrogens (tertiary/aromatic N) is 1. The van der Waals surface area contributed by atoms with Crippen LogP contribution in [0.5, 0.6) is 0 Å². The number of thioether (sulfide) groups is 1. The molecule has 1 aromatic rings. The van der Waals surface area contributed by atoms with Gasteiger partial charge in [-0.15, -0.1) is 23.1 Å². The zero-order chi connectivity index (χ0) is 12.3. The molecule has 1 aliphatic heterocycles. The molecule has 1 saturated heterocycles. The van der Waals surface area contributed by atoms with Crippen molar-refractivity contribution < 1.29 is 10.1 Å². The molecule has 0 radical (unpaired) electrons. The van der Waals surface area contributed by atoms with Crippen LogP contribution in [-0.4, -0.2) is 35.7 Å². The van der Waals surface area contributed by atoms with Crippen molar-refractivity contribution in [3.63, 3.8) is 0 Å². The van der Waals surface area contributed by atoms with E-state index in [4.69, 9.17) is 0 Å². The van der Waals surface area contributed by atoms with E-state index in [0.717, 1.165) is 19.6 Å². The summed E-state index contributed by atoms with van der Waals surface area (Å²) in [5.41, 5.74) is 0. The molecule has 1 aliphatic rings.